The predicted molar refractivity (Wildman–Crippen MR) is 130 cm³/mol. The van der Waals surface area contributed by atoms with Crippen molar-refractivity contribution in [1.82, 2.24) is 4.90 Å². The molecule has 1 saturated carbocycles. The number of para-hydroxylation sites is 1. The number of amidine groups is 1. The molecule has 4 rings (SSSR count). The minimum absolute atomic E-state index is 0.0147. The molecule has 1 heterocycles. The molecule has 4 nitrogen and oxygen atoms in total. The van der Waals surface area contributed by atoms with Crippen LogP contribution in [0.15, 0.2) is 58.4 Å². The number of benzene rings is 2. The lowest BCUT2D eigenvalue weighted by Gasteiger charge is -2.35. The van der Waals surface area contributed by atoms with Gasteiger partial charge in [0.15, 0.2) is 5.17 Å². The molecule has 2 fully saturated rings. The molecule has 0 N–H and O–H groups in total. The summed E-state index contributed by atoms with van der Waals surface area (Å²) in [6.45, 7) is 4.73. The molecular formula is C25H27ClN2O2S. The molecule has 0 aromatic heterocycles. The van der Waals surface area contributed by atoms with Crippen molar-refractivity contribution in [2.75, 3.05) is 6.61 Å². The zero-order chi connectivity index (χ0) is 21.8. The van der Waals surface area contributed by atoms with Crippen LogP contribution in [-0.2, 0) is 4.79 Å². The summed E-state index contributed by atoms with van der Waals surface area (Å²) >= 11 is 7.67. The van der Waals surface area contributed by atoms with Crippen LogP contribution in [0.1, 0.15) is 45.1 Å². The van der Waals surface area contributed by atoms with Gasteiger partial charge in [-0.3, -0.25) is 9.69 Å². The summed E-state index contributed by atoms with van der Waals surface area (Å²) in [6.07, 6.45) is 6.40. The Morgan fingerprint density at radius 3 is 2.71 bits per heavy atom. The summed E-state index contributed by atoms with van der Waals surface area (Å²) in [5.74, 6) is 1.18. The van der Waals surface area contributed by atoms with Crippen molar-refractivity contribution in [3.63, 3.8) is 0 Å². The van der Waals surface area contributed by atoms with Gasteiger partial charge < -0.3 is 4.74 Å². The van der Waals surface area contributed by atoms with Gasteiger partial charge in [0.1, 0.15) is 5.75 Å². The lowest BCUT2D eigenvalue weighted by atomic mass is 9.85. The molecule has 2 aromatic rings. The number of aliphatic imine (C=N–C) groups is 1. The van der Waals surface area contributed by atoms with Crippen LogP contribution in [0.3, 0.4) is 0 Å². The monoisotopic (exact) mass is 454 g/mol. The SMILES string of the molecule is CCOc1ccc(Cl)cc1/C=C1\SC(=Nc2ccccc2)N([C@H]2CCCC[C@@H]2C)C1=O. The maximum absolute atomic E-state index is 13.6. The molecule has 2 aromatic carbocycles. The highest BCUT2D eigenvalue weighted by Crippen LogP contribution is 2.41. The predicted octanol–water partition coefficient (Wildman–Crippen LogP) is 6.92. The minimum Gasteiger partial charge on any atom is -0.493 e. The van der Waals surface area contributed by atoms with Crippen LogP contribution in [0, 0.1) is 5.92 Å². The van der Waals surface area contributed by atoms with Gasteiger partial charge in [0.2, 0.25) is 0 Å². The number of amides is 1. The maximum Gasteiger partial charge on any atom is 0.267 e. The zero-order valence-corrected chi connectivity index (χ0v) is 19.5. The van der Waals surface area contributed by atoms with E-state index in [0.717, 1.165) is 41.4 Å². The van der Waals surface area contributed by atoms with E-state index in [4.69, 9.17) is 21.3 Å². The van der Waals surface area contributed by atoms with E-state index in [2.05, 4.69) is 6.92 Å². The van der Waals surface area contributed by atoms with Gasteiger partial charge in [-0.15, -0.1) is 0 Å². The standard InChI is InChI=1S/C25H27ClN2O2S/c1-3-30-22-14-13-19(26)15-18(22)16-23-24(29)28(21-12-8-7-9-17(21)2)25(31-23)27-20-10-5-4-6-11-20/h4-6,10-11,13-17,21H,3,7-9,12H2,1-2H3/b23-16-,27-25?/t17-,21-/m0/s1. The van der Waals surface area contributed by atoms with Crippen LogP contribution in [0.25, 0.3) is 6.08 Å². The van der Waals surface area contributed by atoms with Crippen LogP contribution in [0.2, 0.25) is 5.02 Å². The molecule has 0 unspecified atom stereocenters. The van der Waals surface area contributed by atoms with E-state index in [-0.39, 0.29) is 11.9 Å². The molecule has 1 aliphatic heterocycles. The molecule has 31 heavy (non-hydrogen) atoms. The fraction of sp³-hybridized carbons (Fsp3) is 0.360. The Kier molecular flexibility index (Phi) is 7.03. The van der Waals surface area contributed by atoms with Crippen LogP contribution >= 0.6 is 23.4 Å². The Morgan fingerprint density at radius 2 is 1.97 bits per heavy atom. The normalized spacial score (nSPS) is 24.2. The zero-order valence-electron chi connectivity index (χ0n) is 17.9. The van der Waals surface area contributed by atoms with Crippen molar-refractivity contribution in [1.29, 1.82) is 0 Å². The Balaban J connectivity index is 1.74. The molecule has 0 radical (unpaired) electrons. The Bertz CT molecular complexity index is 1010. The molecule has 0 bridgehead atoms. The van der Waals surface area contributed by atoms with E-state index in [1.807, 2.05) is 60.4 Å². The molecule has 162 valence electrons. The van der Waals surface area contributed by atoms with Crippen LogP contribution < -0.4 is 4.74 Å². The number of hydrogen-bond donors (Lipinski definition) is 0. The third kappa shape index (κ3) is 4.99. The van der Waals surface area contributed by atoms with Crippen molar-refractivity contribution >= 4 is 46.2 Å². The first-order valence-corrected chi connectivity index (χ1v) is 12.1. The molecular weight excluding hydrogens is 428 g/mol. The van der Waals surface area contributed by atoms with E-state index in [9.17, 15) is 4.79 Å². The number of carbonyl (C=O) groups excluding carboxylic acids is 1. The Morgan fingerprint density at radius 1 is 1.19 bits per heavy atom. The summed E-state index contributed by atoms with van der Waals surface area (Å²) in [5.41, 5.74) is 1.66. The quantitative estimate of drug-likeness (QED) is 0.460. The number of halogens is 1. The lowest BCUT2D eigenvalue weighted by Crippen LogP contribution is -2.44. The number of hydrogen-bond acceptors (Lipinski definition) is 4. The molecule has 2 aliphatic rings. The van der Waals surface area contributed by atoms with Crippen LogP contribution in [0.5, 0.6) is 5.75 Å². The second kappa shape index (κ2) is 9.92. The fourth-order valence-electron chi connectivity index (χ4n) is 4.21. The highest BCUT2D eigenvalue weighted by molar-refractivity contribution is 8.18. The van der Waals surface area contributed by atoms with E-state index in [1.165, 1.54) is 18.2 Å². The summed E-state index contributed by atoms with van der Waals surface area (Å²) in [5, 5.41) is 1.36. The highest BCUT2D eigenvalue weighted by atomic mass is 35.5. The molecule has 0 spiro atoms. The number of ether oxygens (including phenoxy) is 1. The van der Waals surface area contributed by atoms with Crippen molar-refractivity contribution in [2.24, 2.45) is 10.9 Å². The van der Waals surface area contributed by atoms with Gasteiger partial charge >= 0.3 is 0 Å². The lowest BCUT2D eigenvalue weighted by molar-refractivity contribution is -0.124. The minimum atomic E-state index is 0.0147. The van der Waals surface area contributed by atoms with Crippen LogP contribution in [0.4, 0.5) is 5.69 Å². The third-order valence-electron chi connectivity index (χ3n) is 5.77. The van der Waals surface area contributed by atoms with Crippen molar-refractivity contribution in [3.05, 3.63) is 64.0 Å². The van der Waals surface area contributed by atoms with Gasteiger partial charge in [-0.05, 0) is 73.9 Å². The second-order valence-electron chi connectivity index (χ2n) is 7.96. The molecule has 2 atom stereocenters. The number of rotatable bonds is 5. The summed E-state index contributed by atoms with van der Waals surface area (Å²) in [6, 6.07) is 15.5. The summed E-state index contributed by atoms with van der Waals surface area (Å²) in [7, 11) is 0. The molecule has 1 amide bonds. The van der Waals surface area contributed by atoms with Gasteiger partial charge in [-0.25, -0.2) is 4.99 Å². The average Bonchev–Trinajstić information content (AvgIpc) is 3.06. The third-order valence-corrected chi connectivity index (χ3v) is 6.99. The summed E-state index contributed by atoms with van der Waals surface area (Å²) < 4.78 is 5.75. The largest absolute Gasteiger partial charge is 0.493 e. The topological polar surface area (TPSA) is 41.9 Å². The first kappa shape index (κ1) is 22.0. The molecule has 1 saturated heterocycles. The number of thioether (sulfide) groups is 1. The first-order valence-electron chi connectivity index (χ1n) is 10.9. The summed E-state index contributed by atoms with van der Waals surface area (Å²) in [4.78, 5) is 21.0. The van der Waals surface area contributed by atoms with Gasteiger partial charge in [-0.1, -0.05) is 49.6 Å². The first-order chi connectivity index (χ1) is 15.1. The van der Waals surface area contributed by atoms with Crippen molar-refractivity contribution in [3.8, 4) is 5.75 Å². The van der Waals surface area contributed by atoms with Crippen molar-refractivity contribution in [2.45, 2.75) is 45.6 Å². The second-order valence-corrected chi connectivity index (χ2v) is 9.41. The Labute approximate surface area is 193 Å². The Hall–Kier alpha value is -2.24. The molecule has 6 heteroatoms. The van der Waals surface area contributed by atoms with Crippen molar-refractivity contribution < 1.29 is 9.53 Å². The fourth-order valence-corrected chi connectivity index (χ4v) is 5.43. The smallest absolute Gasteiger partial charge is 0.267 e. The molecule has 1 aliphatic carbocycles. The number of nitrogens with zero attached hydrogens (tertiary/aromatic N) is 2. The number of carbonyl (C=O) groups is 1. The van der Waals surface area contributed by atoms with E-state index in [1.54, 1.807) is 6.07 Å². The van der Waals surface area contributed by atoms with Crippen LogP contribution in [-0.4, -0.2) is 28.6 Å². The van der Waals surface area contributed by atoms with E-state index >= 15 is 0 Å². The van der Waals surface area contributed by atoms with E-state index in [0.29, 0.717) is 22.5 Å². The highest BCUT2D eigenvalue weighted by Gasteiger charge is 2.41. The average molecular weight is 455 g/mol. The van der Waals surface area contributed by atoms with E-state index < -0.39 is 0 Å². The van der Waals surface area contributed by atoms with Gasteiger partial charge in [0.25, 0.3) is 5.91 Å². The maximum atomic E-state index is 13.6. The van der Waals surface area contributed by atoms with Gasteiger partial charge in [0, 0.05) is 16.6 Å². The van der Waals surface area contributed by atoms with Gasteiger partial charge in [0.05, 0.1) is 17.2 Å². The van der Waals surface area contributed by atoms with Gasteiger partial charge in [-0.2, -0.15) is 0 Å².